The molecule has 17 heavy (non-hydrogen) atoms. The third-order valence-corrected chi connectivity index (χ3v) is 3.01. The van der Waals surface area contributed by atoms with Gasteiger partial charge in [-0.3, -0.25) is 4.79 Å². The predicted octanol–water partition coefficient (Wildman–Crippen LogP) is 1.15. The van der Waals surface area contributed by atoms with Crippen LogP contribution in [0.15, 0.2) is 4.52 Å². The second-order valence-corrected chi connectivity index (χ2v) is 4.25. The molecular formula is C11H18ClN3O2. The van der Waals surface area contributed by atoms with Crippen LogP contribution in [-0.2, 0) is 0 Å². The van der Waals surface area contributed by atoms with Gasteiger partial charge in [0.05, 0.1) is 5.69 Å². The second kappa shape index (κ2) is 5.51. The highest BCUT2D eigenvalue weighted by atomic mass is 35.5. The summed E-state index contributed by atoms with van der Waals surface area (Å²) in [5, 5.41) is 7.08. The van der Waals surface area contributed by atoms with Crippen molar-refractivity contribution in [1.82, 2.24) is 15.4 Å². The van der Waals surface area contributed by atoms with Gasteiger partial charge in [-0.25, -0.2) is 0 Å². The third kappa shape index (κ3) is 2.61. The zero-order valence-electron chi connectivity index (χ0n) is 10.3. The Morgan fingerprint density at radius 2 is 2.24 bits per heavy atom. The van der Waals surface area contributed by atoms with Crippen molar-refractivity contribution in [3.63, 3.8) is 0 Å². The Morgan fingerprint density at radius 3 is 2.76 bits per heavy atom. The van der Waals surface area contributed by atoms with E-state index in [4.69, 9.17) is 4.52 Å². The molecule has 6 heteroatoms. The number of aromatic nitrogens is 1. The first-order valence-electron chi connectivity index (χ1n) is 5.56. The minimum absolute atomic E-state index is 0. The first-order chi connectivity index (χ1) is 7.61. The number of nitrogens with zero attached hydrogens (tertiary/aromatic N) is 2. The Hall–Kier alpha value is -1.07. The molecule has 0 aromatic carbocycles. The molecule has 1 aromatic rings. The third-order valence-electron chi connectivity index (χ3n) is 3.01. The molecule has 0 spiro atoms. The molecule has 96 valence electrons. The molecule has 0 unspecified atom stereocenters. The van der Waals surface area contributed by atoms with E-state index in [1.54, 1.807) is 13.8 Å². The van der Waals surface area contributed by atoms with Crippen LogP contribution in [0.5, 0.6) is 0 Å². The zero-order chi connectivity index (χ0) is 11.7. The largest absolute Gasteiger partial charge is 0.361 e. The number of nitrogens with one attached hydrogen (secondary N) is 1. The Kier molecular flexibility index (Phi) is 4.54. The van der Waals surface area contributed by atoms with Gasteiger partial charge >= 0.3 is 0 Å². The Labute approximate surface area is 107 Å². The SMILES string of the molecule is Cc1noc(C)c1C(=O)N1CCNC[C@H]1C.Cl. The number of piperazine rings is 1. The molecule has 1 aromatic heterocycles. The molecule has 1 saturated heterocycles. The molecule has 0 bridgehead atoms. The molecule has 0 aliphatic carbocycles. The summed E-state index contributed by atoms with van der Waals surface area (Å²) in [5.41, 5.74) is 1.29. The number of amides is 1. The van der Waals surface area contributed by atoms with E-state index in [1.165, 1.54) is 0 Å². The van der Waals surface area contributed by atoms with Crippen LogP contribution in [-0.4, -0.2) is 41.6 Å². The molecule has 1 atom stereocenters. The molecule has 2 heterocycles. The lowest BCUT2D eigenvalue weighted by Crippen LogP contribution is -2.52. The standard InChI is InChI=1S/C11H17N3O2.ClH/c1-7-6-12-4-5-14(7)11(15)10-8(2)13-16-9(10)3;/h7,12H,4-6H2,1-3H3;1H/t7-;/m1./s1. The van der Waals surface area contributed by atoms with Gasteiger partial charge in [-0.2, -0.15) is 0 Å². The van der Waals surface area contributed by atoms with Gasteiger partial charge in [0, 0.05) is 25.7 Å². The topological polar surface area (TPSA) is 58.4 Å². The lowest BCUT2D eigenvalue weighted by molar-refractivity contribution is 0.0653. The summed E-state index contributed by atoms with van der Waals surface area (Å²) in [6.45, 7) is 8.05. The van der Waals surface area contributed by atoms with E-state index in [2.05, 4.69) is 10.5 Å². The normalized spacial score (nSPS) is 19.9. The van der Waals surface area contributed by atoms with Crippen LogP contribution >= 0.6 is 12.4 Å². The molecule has 1 N–H and O–H groups in total. The summed E-state index contributed by atoms with van der Waals surface area (Å²) in [6, 6.07) is 0.218. The van der Waals surface area contributed by atoms with Crippen LogP contribution in [0.4, 0.5) is 0 Å². The average Bonchev–Trinajstić information content (AvgIpc) is 2.58. The monoisotopic (exact) mass is 259 g/mol. The van der Waals surface area contributed by atoms with E-state index in [-0.39, 0.29) is 24.4 Å². The number of hydrogen-bond acceptors (Lipinski definition) is 4. The van der Waals surface area contributed by atoms with Crippen molar-refractivity contribution < 1.29 is 9.32 Å². The Bertz CT molecular complexity index is 386. The maximum Gasteiger partial charge on any atom is 0.259 e. The van der Waals surface area contributed by atoms with Gasteiger partial charge in [-0.1, -0.05) is 5.16 Å². The molecule has 1 fully saturated rings. The van der Waals surface area contributed by atoms with E-state index < -0.39 is 0 Å². The smallest absolute Gasteiger partial charge is 0.259 e. The minimum atomic E-state index is 0. The average molecular weight is 260 g/mol. The number of rotatable bonds is 1. The van der Waals surface area contributed by atoms with E-state index in [0.29, 0.717) is 17.0 Å². The number of carbonyl (C=O) groups is 1. The summed E-state index contributed by atoms with van der Waals surface area (Å²) in [6.07, 6.45) is 0. The zero-order valence-corrected chi connectivity index (χ0v) is 11.1. The van der Waals surface area contributed by atoms with Crippen molar-refractivity contribution in [3.8, 4) is 0 Å². The number of carbonyl (C=O) groups excluding carboxylic acids is 1. The van der Waals surface area contributed by atoms with Crippen LogP contribution in [0.3, 0.4) is 0 Å². The Morgan fingerprint density at radius 1 is 1.53 bits per heavy atom. The van der Waals surface area contributed by atoms with Crippen molar-refractivity contribution in [2.75, 3.05) is 19.6 Å². The van der Waals surface area contributed by atoms with Gasteiger partial charge in [0.1, 0.15) is 11.3 Å². The van der Waals surface area contributed by atoms with E-state index in [0.717, 1.165) is 19.6 Å². The fourth-order valence-corrected chi connectivity index (χ4v) is 2.07. The highest BCUT2D eigenvalue weighted by Gasteiger charge is 2.28. The first-order valence-corrected chi connectivity index (χ1v) is 5.56. The van der Waals surface area contributed by atoms with Gasteiger partial charge in [0.15, 0.2) is 0 Å². The Balaban J connectivity index is 0.00000144. The van der Waals surface area contributed by atoms with Crippen molar-refractivity contribution in [3.05, 3.63) is 17.0 Å². The number of halogens is 1. The van der Waals surface area contributed by atoms with Gasteiger partial charge in [-0.05, 0) is 20.8 Å². The predicted molar refractivity (Wildman–Crippen MR) is 66.6 cm³/mol. The van der Waals surface area contributed by atoms with Crippen LogP contribution in [0.2, 0.25) is 0 Å². The van der Waals surface area contributed by atoms with Crippen LogP contribution in [0.1, 0.15) is 28.7 Å². The number of aryl methyl sites for hydroxylation is 2. The van der Waals surface area contributed by atoms with Crippen LogP contribution in [0, 0.1) is 13.8 Å². The summed E-state index contributed by atoms with van der Waals surface area (Å²) >= 11 is 0. The van der Waals surface area contributed by atoms with Crippen LogP contribution in [0.25, 0.3) is 0 Å². The van der Waals surface area contributed by atoms with Gasteiger partial charge in [0.25, 0.3) is 5.91 Å². The van der Waals surface area contributed by atoms with Crippen molar-refractivity contribution in [2.24, 2.45) is 0 Å². The second-order valence-electron chi connectivity index (χ2n) is 4.25. The van der Waals surface area contributed by atoms with Gasteiger partial charge in [-0.15, -0.1) is 12.4 Å². The van der Waals surface area contributed by atoms with E-state index in [9.17, 15) is 4.79 Å². The van der Waals surface area contributed by atoms with Crippen LogP contribution < -0.4 is 5.32 Å². The molecule has 1 amide bonds. The van der Waals surface area contributed by atoms with E-state index >= 15 is 0 Å². The summed E-state index contributed by atoms with van der Waals surface area (Å²) in [4.78, 5) is 14.2. The molecule has 1 aliphatic rings. The van der Waals surface area contributed by atoms with Crippen molar-refractivity contribution in [1.29, 1.82) is 0 Å². The van der Waals surface area contributed by atoms with Crippen molar-refractivity contribution in [2.45, 2.75) is 26.8 Å². The maximum absolute atomic E-state index is 12.3. The molecule has 5 nitrogen and oxygen atoms in total. The minimum Gasteiger partial charge on any atom is -0.361 e. The molecular weight excluding hydrogens is 242 g/mol. The molecule has 1 aliphatic heterocycles. The summed E-state index contributed by atoms with van der Waals surface area (Å²) in [7, 11) is 0. The van der Waals surface area contributed by atoms with Gasteiger partial charge in [0.2, 0.25) is 0 Å². The molecule has 0 radical (unpaired) electrons. The lowest BCUT2D eigenvalue weighted by atomic mass is 10.1. The molecule has 0 saturated carbocycles. The van der Waals surface area contributed by atoms with Gasteiger partial charge < -0.3 is 14.7 Å². The van der Waals surface area contributed by atoms with Crippen molar-refractivity contribution >= 4 is 18.3 Å². The van der Waals surface area contributed by atoms with E-state index in [1.807, 2.05) is 11.8 Å². The fourth-order valence-electron chi connectivity index (χ4n) is 2.07. The lowest BCUT2D eigenvalue weighted by Gasteiger charge is -2.33. The number of hydrogen-bond donors (Lipinski definition) is 1. The summed E-state index contributed by atoms with van der Waals surface area (Å²) in [5.74, 6) is 0.637. The highest BCUT2D eigenvalue weighted by Crippen LogP contribution is 2.17. The first kappa shape index (κ1) is 14.0. The maximum atomic E-state index is 12.3. The fraction of sp³-hybridized carbons (Fsp3) is 0.636. The summed E-state index contributed by atoms with van der Waals surface area (Å²) < 4.78 is 5.03. The highest BCUT2D eigenvalue weighted by molar-refractivity contribution is 5.96. The quantitative estimate of drug-likeness (QED) is 0.822. The molecule has 2 rings (SSSR count).